The largest absolute Gasteiger partial charge is 0.348 e. The summed E-state index contributed by atoms with van der Waals surface area (Å²) in [7, 11) is 0. The average molecular weight is 348 g/mol. The number of aryl methyl sites for hydroxylation is 1. The standard InChI is InChI=1S/C17H21FN4OS/c1-12-2-3-13(10-15(12)18)11-20-16(23)21-14-4-7-22(8-5-14)17-19-6-9-24-17/h2-3,6,9-10,14H,4-5,7-8,11H2,1H3,(H2,20,21,23). The molecule has 0 aliphatic carbocycles. The van der Waals surface area contributed by atoms with Crippen LogP contribution in [0.25, 0.3) is 0 Å². The fourth-order valence-electron chi connectivity index (χ4n) is 2.75. The van der Waals surface area contributed by atoms with Crippen LogP contribution >= 0.6 is 11.3 Å². The quantitative estimate of drug-likeness (QED) is 0.893. The fourth-order valence-corrected chi connectivity index (χ4v) is 3.45. The number of carbonyl (C=O) groups is 1. The smallest absolute Gasteiger partial charge is 0.315 e. The van der Waals surface area contributed by atoms with Gasteiger partial charge in [0.15, 0.2) is 5.13 Å². The van der Waals surface area contributed by atoms with Gasteiger partial charge < -0.3 is 15.5 Å². The van der Waals surface area contributed by atoms with Gasteiger partial charge in [-0.15, -0.1) is 11.3 Å². The van der Waals surface area contributed by atoms with E-state index in [1.807, 2.05) is 17.6 Å². The van der Waals surface area contributed by atoms with E-state index in [-0.39, 0.29) is 17.9 Å². The van der Waals surface area contributed by atoms with Crippen molar-refractivity contribution in [2.24, 2.45) is 0 Å². The molecule has 128 valence electrons. The van der Waals surface area contributed by atoms with Crippen LogP contribution in [0.5, 0.6) is 0 Å². The van der Waals surface area contributed by atoms with E-state index < -0.39 is 0 Å². The molecule has 0 unspecified atom stereocenters. The monoisotopic (exact) mass is 348 g/mol. The van der Waals surface area contributed by atoms with Crippen LogP contribution in [0.4, 0.5) is 14.3 Å². The van der Waals surface area contributed by atoms with Crippen molar-refractivity contribution in [1.82, 2.24) is 15.6 Å². The van der Waals surface area contributed by atoms with Crippen molar-refractivity contribution in [3.05, 3.63) is 46.7 Å². The van der Waals surface area contributed by atoms with E-state index in [9.17, 15) is 9.18 Å². The Kier molecular flexibility index (Phi) is 5.30. The van der Waals surface area contributed by atoms with E-state index in [0.29, 0.717) is 12.1 Å². The summed E-state index contributed by atoms with van der Waals surface area (Å²) in [6, 6.07) is 4.96. The highest BCUT2D eigenvalue weighted by molar-refractivity contribution is 7.13. The SMILES string of the molecule is Cc1ccc(CNC(=O)NC2CCN(c3nccs3)CC2)cc1F. The average Bonchev–Trinajstić information content (AvgIpc) is 3.11. The van der Waals surface area contributed by atoms with Gasteiger partial charge in [-0.2, -0.15) is 0 Å². The molecule has 2 N–H and O–H groups in total. The Morgan fingerprint density at radius 3 is 2.88 bits per heavy atom. The predicted molar refractivity (Wildman–Crippen MR) is 93.9 cm³/mol. The summed E-state index contributed by atoms with van der Waals surface area (Å²) in [6.07, 6.45) is 3.60. The van der Waals surface area contributed by atoms with E-state index in [4.69, 9.17) is 0 Å². The first-order chi connectivity index (χ1) is 11.6. The molecule has 1 saturated heterocycles. The van der Waals surface area contributed by atoms with Gasteiger partial charge in [0, 0.05) is 37.3 Å². The third kappa shape index (κ3) is 4.23. The van der Waals surface area contributed by atoms with Gasteiger partial charge in [-0.05, 0) is 37.0 Å². The molecule has 0 spiro atoms. The first-order valence-corrected chi connectivity index (χ1v) is 8.93. The van der Waals surface area contributed by atoms with Crippen LogP contribution in [0.15, 0.2) is 29.8 Å². The van der Waals surface area contributed by atoms with Crippen molar-refractivity contribution < 1.29 is 9.18 Å². The Morgan fingerprint density at radius 1 is 1.42 bits per heavy atom. The highest BCUT2D eigenvalue weighted by Gasteiger charge is 2.21. The van der Waals surface area contributed by atoms with Gasteiger partial charge in [0.05, 0.1) is 0 Å². The van der Waals surface area contributed by atoms with Crippen LogP contribution in [0.2, 0.25) is 0 Å². The maximum atomic E-state index is 13.5. The summed E-state index contributed by atoms with van der Waals surface area (Å²) in [4.78, 5) is 18.6. The number of hydrogen-bond acceptors (Lipinski definition) is 4. The zero-order chi connectivity index (χ0) is 16.9. The lowest BCUT2D eigenvalue weighted by molar-refractivity contribution is 0.234. The van der Waals surface area contributed by atoms with Crippen LogP contribution in [0.1, 0.15) is 24.0 Å². The number of aromatic nitrogens is 1. The van der Waals surface area contributed by atoms with Crippen LogP contribution in [0.3, 0.4) is 0 Å². The van der Waals surface area contributed by atoms with E-state index in [1.54, 1.807) is 24.3 Å². The van der Waals surface area contributed by atoms with Crippen LogP contribution < -0.4 is 15.5 Å². The molecule has 0 radical (unpaired) electrons. The number of amides is 2. The second-order valence-electron chi connectivity index (χ2n) is 5.99. The molecule has 2 amide bonds. The number of halogens is 1. The van der Waals surface area contributed by atoms with E-state index in [2.05, 4.69) is 20.5 Å². The van der Waals surface area contributed by atoms with Crippen LogP contribution in [-0.2, 0) is 6.54 Å². The number of nitrogens with zero attached hydrogens (tertiary/aromatic N) is 2. The summed E-state index contributed by atoms with van der Waals surface area (Å²) in [5.41, 5.74) is 1.36. The lowest BCUT2D eigenvalue weighted by Gasteiger charge is -2.32. The Labute approximate surface area is 144 Å². The molecule has 1 fully saturated rings. The molecule has 3 rings (SSSR count). The normalized spacial score (nSPS) is 15.3. The molecule has 1 aromatic carbocycles. The molecular formula is C17H21FN4OS. The highest BCUT2D eigenvalue weighted by Crippen LogP contribution is 2.21. The summed E-state index contributed by atoms with van der Waals surface area (Å²) in [5, 5.41) is 8.80. The lowest BCUT2D eigenvalue weighted by atomic mass is 10.1. The third-order valence-electron chi connectivity index (χ3n) is 4.21. The van der Waals surface area contributed by atoms with Crippen molar-refractivity contribution >= 4 is 22.5 Å². The number of thiazole rings is 1. The fraction of sp³-hybridized carbons (Fsp3) is 0.412. The third-order valence-corrected chi connectivity index (χ3v) is 5.04. The number of carbonyl (C=O) groups excluding carboxylic acids is 1. The van der Waals surface area contributed by atoms with E-state index in [0.717, 1.165) is 36.6 Å². The molecule has 7 heteroatoms. The summed E-state index contributed by atoms with van der Waals surface area (Å²) >= 11 is 1.64. The topological polar surface area (TPSA) is 57.3 Å². The van der Waals surface area contributed by atoms with Gasteiger partial charge in [-0.3, -0.25) is 0 Å². The number of urea groups is 1. The predicted octanol–water partition coefficient (Wildman–Crippen LogP) is 3.06. The molecule has 1 aliphatic rings. The number of nitrogens with one attached hydrogen (secondary N) is 2. The molecular weight excluding hydrogens is 327 g/mol. The van der Waals surface area contributed by atoms with Crippen molar-refractivity contribution in [3.8, 4) is 0 Å². The van der Waals surface area contributed by atoms with Gasteiger partial charge >= 0.3 is 6.03 Å². The summed E-state index contributed by atoms with van der Waals surface area (Å²) in [6.45, 7) is 3.82. The maximum absolute atomic E-state index is 13.5. The molecule has 24 heavy (non-hydrogen) atoms. The second-order valence-corrected chi connectivity index (χ2v) is 6.86. The lowest BCUT2D eigenvalue weighted by Crippen LogP contribution is -2.47. The number of rotatable bonds is 4. The van der Waals surface area contributed by atoms with Gasteiger partial charge in [-0.1, -0.05) is 12.1 Å². The molecule has 5 nitrogen and oxygen atoms in total. The highest BCUT2D eigenvalue weighted by atomic mass is 32.1. The summed E-state index contributed by atoms with van der Waals surface area (Å²) in [5.74, 6) is -0.246. The second kappa shape index (κ2) is 7.61. The summed E-state index contributed by atoms with van der Waals surface area (Å²) < 4.78 is 13.5. The first-order valence-electron chi connectivity index (χ1n) is 8.05. The number of hydrogen-bond donors (Lipinski definition) is 2. The molecule has 0 atom stereocenters. The molecule has 1 aromatic heterocycles. The molecule has 1 aliphatic heterocycles. The van der Waals surface area contributed by atoms with Gasteiger partial charge in [0.1, 0.15) is 5.82 Å². The van der Waals surface area contributed by atoms with Gasteiger partial charge in [-0.25, -0.2) is 14.2 Å². The van der Waals surface area contributed by atoms with Gasteiger partial charge in [0.25, 0.3) is 0 Å². The zero-order valence-corrected chi connectivity index (χ0v) is 14.4. The van der Waals surface area contributed by atoms with E-state index in [1.165, 1.54) is 6.07 Å². The molecule has 0 bridgehead atoms. The Morgan fingerprint density at radius 2 is 2.21 bits per heavy atom. The molecule has 0 saturated carbocycles. The minimum atomic E-state index is -0.246. The zero-order valence-electron chi connectivity index (χ0n) is 13.6. The van der Waals surface area contributed by atoms with Crippen LogP contribution in [-0.4, -0.2) is 30.1 Å². The first kappa shape index (κ1) is 16.7. The van der Waals surface area contributed by atoms with Crippen molar-refractivity contribution in [1.29, 1.82) is 0 Å². The number of benzene rings is 1. The van der Waals surface area contributed by atoms with Gasteiger partial charge in [0.2, 0.25) is 0 Å². The molecule has 2 aromatic rings. The number of piperidine rings is 1. The maximum Gasteiger partial charge on any atom is 0.315 e. The van der Waals surface area contributed by atoms with E-state index >= 15 is 0 Å². The number of anilines is 1. The van der Waals surface area contributed by atoms with Crippen molar-refractivity contribution in [2.45, 2.75) is 32.4 Å². The minimum Gasteiger partial charge on any atom is -0.348 e. The Bertz CT molecular complexity index is 684. The van der Waals surface area contributed by atoms with Crippen molar-refractivity contribution in [2.75, 3.05) is 18.0 Å². The van der Waals surface area contributed by atoms with Crippen LogP contribution in [0, 0.1) is 12.7 Å². The minimum absolute atomic E-state index is 0.163. The molecule has 2 heterocycles. The van der Waals surface area contributed by atoms with Crippen molar-refractivity contribution in [3.63, 3.8) is 0 Å². The Hall–Kier alpha value is -2.15. The Balaban J connectivity index is 1.42.